The molecule has 0 fully saturated rings. The van der Waals surface area contributed by atoms with Gasteiger partial charge in [-0.25, -0.2) is 0 Å². The smallest absolute Gasteiger partial charge is 0.0832 e. The van der Waals surface area contributed by atoms with Crippen LogP contribution in [-0.2, 0) is 0 Å². The Hall–Kier alpha value is 0.870. The van der Waals surface area contributed by atoms with Crippen molar-refractivity contribution >= 4 is 24.2 Å². The Morgan fingerprint density at radius 1 is 0.857 bits per heavy atom. The molecule has 0 saturated carbocycles. The molecule has 3 heteroatoms. The summed E-state index contributed by atoms with van der Waals surface area (Å²) in [5, 5.41) is 9.18. The molecular formula is C11H27BrOP+. The summed E-state index contributed by atoms with van der Waals surface area (Å²) in [5.74, 6) is 0. The fraction of sp³-hybridized carbons (Fsp3) is 1.00. The van der Waals surface area contributed by atoms with Gasteiger partial charge in [-0.3, -0.25) is 0 Å². The van der Waals surface area contributed by atoms with E-state index in [-0.39, 0.29) is 17.0 Å². The Morgan fingerprint density at radius 2 is 1.14 bits per heavy atom. The van der Waals surface area contributed by atoms with Gasteiger partial charge in [0.1, 0.15) is 0 Å². The number of aliphatic hydroxyl groups excluding tert-OH is 1. The lowest BCUT2D eigenvalue weighted by molar-refractivity contribution is 0.320. The summed E-state index contributed by atoms with van der Waals surface area (Å²) in [6, 6.07) is 0. The normalized spacial score (nSPS) is 12.4. The molecule has 1 nitrogen and oxygen atoms in total. The van der Waals surface area contributed by atoms with Crippen LogP contribution in [0.1, 0.15) is 41.5 Å². The minimum atomic E-state index is -0.962. The molecule has 0 spiro atoms. The number of halogens is 1. The van der Waals surface area contributed by atoms with E-state index in [1.165, 1.54) is 0 Å². The van der Waals surface area contributed by atoms with Crippen molar-refractivity contribution in [2.45, 2.75) is 58.5 Å². The lowest BCUT2D eigenvalue weighted by atomic mass is 10.5. The van der Waals surface area contributed by atoms with Gasteiger partial charge in [-0.05, 0) is 41.5 Å². The number of hydrogen-bond acceptors (Lipinski definition) is 1. The number of hydrogen-bond donors (Lipinski definition) is 1. The molecule has 0 atom stereocenters. The molecule has 0 amide bonds. The van der Waals surface area contributed by atoms with Gasteiger partial charge in [0.25, 0.3) is 0 Å². The standard InChI is InChI=1S/C11H26OP.BrH/c1-9(2)13(8-7-12,10(3)4)11(5)6;/h9-12H,7-8H2,1-6H3;1H/q+1;. The molecule has 0 rings (SSSR count). The van der Waals surface area contributed by atoms with Crippen LogP contribution in [0.3, 0.4) is 0 Å². The second-order valence-corrected chi connectivity index (χ2v) is 10.3. The van der Waals surface area contributed by atoms with Crippen molar-refractivity contribution in [2.75, 3.05) is 12.8 Å². The molecule has 14 heavy (non-hydrogen) atoms. The molecule has 0 heterocycles. The SMILES string of the molecule is Br.CC(C)[P+](CCO)(C(C)C)C(C)C. The topological polar surface area (TPSA) is 20.2 Å². The van der Waals surface area contributed by atoms with Crippen LogP contribution in [0.5, 0.6) is 0 Å². The van der Waals surface area contributed by atoms with E-state index in [0.717, 1.165) is 23.1 Å². The molecule has 0 aromatic heterocycles. The molecule has 0 aliphatic rings. The average Bonchev–Trinajstić information content (AvgIpc) is 1.97. The van der Waals surface area contributed by atoms with E-state index in [0.29, 0.717) is 6.61 Å². The summed E-state index contributed by atoms with van der Waals surface area (Å²) >= 11 is 0. The average molecular weight is 286 g/mol. The Bertz CT molecular complexity index is 124. The zero-order chi connectivity index (χ0) is 10.6. The van der Waals surface area contributed by atoms with Crippen molar-refractivity contribution in [3.05, 3.63) is 0 Å². The van der Waals surface area contributed by atoms with Crippen LogP contribution >= 0.6 is 24.2 Å². The molecule has 0 aliphatic carbocycles. The molecule has 0 aliphatic heterocycles. The van der Waals surface area contributed by atoms with E-state index in [1.54, 1.807) is 0 Å². The summed E-state index contributed by atoms with van der Waals surface area (Å²) in [4.78, 5) is 0. The predicted octanol–water partition coefficient (Wildman–Crippen LogP) is 3.80. The Labute approximate surface area is 101 Å². The van der Waals surface area contributed by atoms with Crippen molar-refractivity contribution < 1.29 is 5.11 Å². The highest BCUT2D eigenvalue weighted by Crippen LogP contribution is 2.69. The Morgan fingerprint density at radius 3 is 1.21 bits per heavy atom. The Kier molecular flexibility index (Phi) is 8.87. The highest BCUT2D eigenvalue weighted by Gasteiger charge is 2.46. The van der Waals surface area contributed by atoms with Gasteiger partial charge in [-0.2, -0.15) is 0 Å². The van der Waals surface area contributed by atoms with E-state index in [4.69, 9.17) is 0 Å². The fourth-order valence-corrected chi connectivity index (χ4v) is 8.21. The van der Waals surface area contributed by atoms with E-state index in [1.807, 2.05) is 0 Å². The molecular weight excluding hydrogens is 259 g/mol. The monoisotopic (exact) mass is 285 g/mol. The fourth-order valence-electron chi connectivity index (χ4n) is 2.74. The first kappa shape index (κ1) is 17.3. The number of aliphatic hydroxyl groups is 1. The van der Waals surface area contributed by atoms with Crippen LogP contribution in [-0.4, -0.2) is 34.9 Å². The Balaban J connectivity index is 0. The first-order valence-electron chi connectivity index (χ1n) is 5.37. The first-order chi connectivity index (χ1) is 5.89. The van der Waals surface area contributed by atoms with Gasteiger partial charge in [0.2, 0.25) is 0 Å². The first-order valence-corrected chi connectivity index (χ1v) is 7.55. The van der Waals surface area contributed by atoms with Gasteiger partial charge in [-0.15, -0.1) is 17.0 Å². The third-order valence-electron chi connectivity index (χ3n) is 3.37. The second-order valence-electron chi connectivity index (χ2n) is 4.72. The lowest BCUT2D eigenvalue weighted by Gasteiger charge is -2.38. The molecule has 0 unspecified atom stereocenters. The molecule has 0 aromatic carbocycles. The van der Waals surface area contributed by atoms with Gasteiger partial charge in [0.05, 0.1) is 29.7 Å². The summed E-state index contributed by atoms with van der Waals surface area (Å²) in [7, 11) is -0.962. The van der Waals surface area contributed by atoms with Crippen LogP contribution in [0.2, 0.25) is 0 Å². The summed E-state index contributed by atoms with van der Waals surface area (Å²) in [5.41, 5.74) is 2.25. The highest BCUT2D eigenvalue weighted by atomic mass is 79.9. The van der Waals surface area contributed by atoms with Gasteiger partial charge in [0, 0.05) is 7.26 Å². The van der Waals surface area contributed by atoms with Crippen LogP contribution in [0.4, 0.5) is 0 Å². The van der Waals surface area contributed by atoms with Crippen LogP contribution < -0.4 is 0 Å². The quantitative estimate of drug-likeness (QED) is 0.762. The molecule has 88 valence electrons. The minimum Gasteiger partial charge on any atom is -0.393 e. The third-order valence-corrected chi connectivity index (χ3v) is 10.1. The summed E-state index contributed by atoms with van der Waals surface area (Å²) < 4.78 is 0. The van der Waals surface area contributed by atoms with Gasteiger partial charge >= 0.3 is 0 Å². The second kappa shape index (κ2) is 7.19. The molecule has 0 saturated heterocycles. The zero-order valence-corrected chi connectivity index (χ0v) is 13.1. The maximum atomic E-state index is 9.18. The van der Waals surface area contributed by atoms with E-state index < -0.39 is 7.26 Å². The van der Waals surface area contributed by atoms with E-state index >= 15 is 0 Å². The number of rotatable bonds is 5. The van der Waals surface area contributed by atoms with E-state index in [2.05, 4.69) is 41.5 Å². The van der Waals surface area contributed by atoms with Crippen molar-refractivity contribution in [3.8, 4) is 0 Å². The van der Waals surface area contributed by atoms with Crippen LogP contribution in [0, 0.1) is 0 Å². The van der Waals surface area contributed by atoms with E-state index in [9.17, 15) is 5.11 Å². The molecule has 0 bridgehead atoms. The summed E-state index contributed by atoms with van der Waals surface area (Å²) in [6.45, 7) is 14.3. The van der Waals surface area contributed by atoms with Gasteiger partial charge < -0.3 is 5.11 Å². The highest BCUT2D eigenvalue weighted by molar-refractivity contribution is 8.93. The van der Waals surface area contributed by atoms with Gasteiger partial charge in [-0.1, -0.05) is 0 Å². The molecule has 0 radical (unpaired) electrons. The third kappa shape index (κ3) is 3.47. The van der Waals surface area contributed by atoms with Crippen molar-refractivity contribution in [2.24, 2.45) is 0 Å². The van der Waals surface area contributed by atoms with Crippen molar-refractivity contribution in [3.63, 3.8) is 0 Å². The largest absolute Gasteiger partial charge is 0.393 e. The zero-order valence-electron chi connectivity index (χ0n) is 10.4. The van der Waals surface area contributed by atoms with Crippen molar-refractivity contribution in [1.29, 1.82) is 0 Å². The van der Waals surface area contributed by atoms with Crippen LogP contribution in [0.15, 0.2) is 0 Å². The maximum Gasteiger partial charge on any atom is 0.0832 e. The van der Waals surface area contributed by atoms with Crippen molar-refractivity contribution in [1.82, 2.24) is 0 Å². The maximum absolute atomic E-state index is 9.18. The minimum absolute atomic E-state index is 0. The van der Waals surface area contributed by atoms with Crippen LogP contribution in [0.25, 0.3) is 0 Å². The molecule has 1 N–H and O–H groups in total. The summed E-state index contributed by atoms with van der Waals surface area (Å²) in [6.07, 6.45) is 1.04. The van der Waals surface area contributed by atoms with Gasteiger partial charge in [0.15, 0.2) is 0 Å². The predicted molar refractivity (Wildman–Crippen MR) is 74.6 cm³/mol. The lowest BCUT2D eigenvalue weighted by Crippen LogP contribution is -2.27. The molecule has 0 aromatic rings.